The van der Waals surface area contributed by atoms with Gasteiger partial charge in [0.2, 0.25) is 11.8 Å². The van der Waals surface area contributed by atoms with Crippen molar-refractivity contribution in [1.82, 2.24) is 10.2 Å². The zero-order valence-electron chi connectivity index (χ0n) is 24.4. The Morgan fingerprint density at radius 2 is 2.05 bits per heavy atom. The molecule has 228 valence electrons. The molecule has 0 radical (unpaired) electrons. The van der Waals surface area contributed by atoms with Gasteiger partial charge in [-0.3, -0.25) is 19.2 Å². The first-order chi connectivity index (χ1) is 20.0. The molecule has 2 bridgehead atoms. The normalized spacial score (nSPS) is 27.3. The molecule has 0 saturated carbocycles. The van der Waals surface area contributed by atoms with Crippen LogP contribution in [0.15, 0.2) is 43.5 Å². The number of rotatable bonds is 13. The van der Waals surface area contributed by atoms with Gasteiger partial charge in [0.05, 0.1) is 47.8 Å². The van der Waals surface area contributed by atoms with E-state index in [1.54, 1.807) is 38.1 Å². The summed E-state index contributed by atoms with van der Waals surface area (Å²) >= 11 is 6.57. The van der Waals surface area contributed by atoms with E-state index in [-0.39, 0.29) is 32.0 Å². The summed E-state index contributed by atoms with van der Waals surface area (Å²) < 4.78 is 12.2. The number of aliphatic hydroxyl groups is 1. The van der Waals surface area contributed by atoms with Crippen molar-refractivity contribution >= 4 is 41.0 Å². The number of aliphatic hydroxyl groups excluding tert-OH is 1. The van der Waals surface area contributed by atoms with Crippen LogP contribution in [0.4, 0.5) is 5.69 Å². The van der Waals surface area contributed by atoms with Crippen LogP contribution in [0.25, 0.3) is 0 Å². The highest BCUT2D eigenvalue weighted by atomic mass is 35.5. The van der Waals surface area contributed by atoms with E-state index in [0.717, 1.165) is 5.56 Å². The highest BCUT2D eigenvalue weighted by Gasteiger charge is 2.75. The monoisotopic (exact) mass is 601 g/mol. The van der Waals surface area contributed by atoms with Crippen molar-refractivity contribution in [2.45, 2.75) is 76.3 Å². The number of likely N-dealkylation sites (tertiary alicyclic amines) is 1. The number of amides is 3. The summed E-state index contributed by atoms with van der Waals surface area (Å²) in [4.78, 5) is 57.0. The van der Waals surface area contributed by atoms with Crippen LogP contribution in [-0.4, -0.2) is 83.3 Å². The zero-order chi connectivity index (χ0) is 30.8. The van der Waals surface area contributed by atoms with E-state index in [4.69, 9.17) is 21.1 Å². The fourth-order valence-corrected chi connectivity index (χ4v) is 6.95. The molecular formula is C31H40ClN3O7. The molecule has 2 N–H and O–H groups in total. The largest absolute Gasteiger partial charge is 0.460 e. The van der Waals surface area contributed by atoms with E-state index >= 15 is 0 Å². The summed E-state index contributed by atoms with van der Waals surface area (Å²) in [5.41, 5.74) is -0.00945. The van der Waals surface area contributed by atoms with Gasteiger partial charge in [0.1, 0.15) is 17.7 Å². The summed E-state index contributed by atoms with van der Waals surface area (Å²) in [6.45, 7) is 12.4. The molecule has 0 aliphatic carbocycles. The number of aryl methyl sites for hydroxylation is 1. The second-order valence-corrected chi connectivity index (χ2v) is 11.8. The lowest BCUT2D eigenvalue weighted by Gasteiger charge is -2.39. The van der Waals surface area contributed by atoms with Gasteiger partial charge in [-0.15, -0.1) is 13.2 Å². The van der Waals surface area contributed by atoms with Crippen molar-refractivity contribution in [3.8, 4) is 0 Å². The number of nitrogens with one attached hydrogen (secondary N) is 1. The van der Waals surface area contributed by atoms with Gasteiger partial charge in [0, 0.05) is 13.0 Å². The van der Waals surface area contributed by atoms with Crippen LogP contribution in [-0.2, 0) is 28.7 Å². The lowest BCUT2D eigenvalue weighted by Crippen LogP contribution is -2.58. The van der Waals surface area contributed by atoms with Crippen molar-refractivity contribution < 1.29 is 33.8 Å². The number of benzene rings is 1. The molecule has 3 amide bonds. The van der Waals surface area contributed by atoms with E-state index in [9.17, 15) is 24.3 Å². The van der Waals surface area contributed by atoms with E-state index in [0.29, 0.717) is 30.0 Å². The molecule has 7 atom stereocenters. The number of nitrogens with zero attached hydrogens (tertiary/aromatic N) is 2. The molecule has 3 aliphatic heterocycles. The fraction of sp³-hybridized carbons (Fsp3) is 0.548. The van der Waals surface area contributed by atoms with Crippen molar-refractivity contribution in [2.24, 2.45) is 11.8 Å². The number of para-hydroxylation sites is 1. The summed E-state index contributed by atoms with van der Waals surface area (Å²) in [5, 5.41) is 13.2. The van der Waals surface area contributed by atoms with Gasteiger partial charge in [0.15, 0.2) is 0 Å². The molecule has 4 rings (SSSR count). The SMILES string of the molecule is C=CCCC(=O)NC[C@H](C)OC(=O)[C@@H]1[C@H]2C(=O)N([C@H](C)CO)[C@H](C(=O)N(CC=C)c3c(C)cccc3Cl)[C@]23CC[C@H]1O3. The van der Waals surface area contributed by atoms with Crippen LogP contribution in [0.1, 0.15) is 45.1 Å². The number of carbonyl (C=O) groups is 4. The Hall–Kier alpha value is -3.21. The predicted octanol–water partition coefficient (Wildman–Crippen LogP) is 2.94. The Balaban J connectivity index is 1.64. The predicted molar refractivity (Wildman–Crippen MR) is 158 cm³/mol. The van der Waals surface area contributed by atoms with E-state index in [1.165, 1.54) is 9.80 Å². The maximum atomic E-state index is 14.5. The number of carbonyl (C=O) groups excluding carboxylic acids is 4. The van der Waals surface area contributed by atoms with Crippen LogP contribution in [0, 0.1) is 18.8 Å². The van der Waals surface area contributed by atoms with Gasteiger partial charge in [0.25, 0.3) is 5.91 Å². The third kappa shape index (κ3) is 5.59. The molecular weight excluding hydrogens is 562 g/mol. The smallest absolute Gasteiger partial charge is 0.312 e. The molecule has 11 heteroatoms. The lowest BCUT2D eigenvalue weighted by molar-refractivity contribution is -0.159. The summed E-state index contributed by atoms with van der Waals surface area (Å²) in [5.74, 6) is -3.53. The second-order valence-electron chi connectivity index (χ2n) is 11.4. The number of halogens is 1. The molecule has 3 fully saturated rings. The molecule has 0 unspecified atom stereocenters. The highest BCUT2D eigenvalue weighted by molar-refractivity contribution is 6.34. The van der Waals surface area contributed by atoms with Crippen LogP contribution in [0.5, 0.6) is 0 Å². The molecule has 1 spiro atoms. The standard InChI is InChI=1S/C31H40ClN3O7/c1-6-8-12-23(37)33-16-20(5)41-30(40)24-22-13-14-31(42-22)25(24)28(38)35(19(4)17-36)27(31)29(39)34(15-7-2)26-18(3)10-9-11-21(26)32/h6-7,9-11,19-20,22,24-25,27,36H,1-2,8,12-17H2,3-5H3,(H,33,37)/t19-,20+,22-,24+,25+,27-,31+/m1/s1. The average Bonchev–Trinajstić information content (AvgIpc) is 3.61. The third-order valence-corrected chi connectivity index (χ3v) is 8.80. The van der Waals surface area contributed by atoms with E-state index in [2.05, 4.69) is 18.5 Å². The Morgan fingerprint density at radius 3 is 2.69 bits per heavy atom. The summed E-state index contributed by atoms with van der Waals surface area (Å²) in [6.07, 6.45) is 3.66. The van der Waals surface area contributed by atoms with Crippen molar-refractivity contribution in [3.63, 3.8) is 0 Å². The number of ether oxygens (including phenoxy) is 2. The van der Waals surface area contributed by atoms with Crippen molar-refractivity contribution in [1.29, 1.82) is 0 Å². The van der Waals surface area contributed by atoms with Crippen molar-refractivity contribution in [3.05, 3.63) is 54.1 Å². The molecule has 3 heterocycles. The molecule has 10 nitrogen and oxygen atoms in total. The van der Waals surface area contributed by atoms with Gasteiger partial charge >= 0.3 is 5.97 Å². The Morgan fingerprint density at radius 1 is 1.31 bits per heavy atom. The number of fused-ring (bicyclic) bond motifs is 1. The van der Waals surface area contributed by atoms with E-state index < -0.39 is 59.5 Å². The first-order valence-corrected chi connectivity index (χ1v) is 14.8. The minimum absolute atomic E-state index is 0.117. The molecule has 42 heavy (non-hydrogen) atoms. The quantitative estimate of drug-likeness (QED) is 0.263. The molecule has 1 aromatic carbocycles. The minimum Gasteiger partial charge on any atom is -0.460 e. The first kappa shape index (κ1) is 31.7. The van der Waals surface area contributed by atoms with Crippen LogP contribution in [0.2, 0.25) is 5.02 Å². The maximum Gasteiger partial charge on any atom is 0.312 e. The van der Waals surface area contributed by atoms with E-state index in [1.807, 2.05) is 13.0 Å². The second kappa shape index (κ2) is 13.0. The fourth-order valence-electron chi connectivity index (χ4n) is 6.63. The number of anilines is 1. The highest BCUT2D eigenvalue weighted by Crippen LogP contribution is 2.59. The van der Waals surface area contributed by atoms with Gasteiger partial charge in [-0.25, -0.2) is 0 Å². The van der Waals surface area contributed by atoms with Gasteiger partial charge < -0.3 is 29.7 Å². The third-order valence-electron chi connectivity index (χ3n) is 8.50. The topological polar surface area (TPSA) is 125 Å². The molecule has 0 aromatic heterocycles. The molecule has 3 saturated heterocycles. The Labute approximate surface area is 251 Å². The number of allylic oxidation sites excluding steroid dienone is 1. The van der Waals surface area contributed by atoms with Crippen molar-refractivity contribution in [2.75, 3.05) is 24.6 Å². The Bertz CT molecular complexity index is 1230. The first-order valence-electron chi connectivity index (χ1n) is 14.4. The van der Waals surface area contributed by atoms with Gasteiger partial charge in [-0.2, -0.15) is 0 Å². The summed E-state index contributed by atoms with van der Waals surface area (Å²) in [7, 11) is 0. The van der Waals surface area contributed by atoms with Gasteiger partial charge in [-0.05, 0) is 51.7 Å². The Kier molecular flexibility index (Phi) is 9.80. The zero-order valence-corrected chi connectivity index (χ0v) is 25.1. The number of hydrogen-bond acceptors (Lipinski definition) is 7. The molecule has 1 aromatic rings. The van der Waals surface area contributed by atoms with Crippen LogP contribution >= 0.6 is 11.6 Å². The number of esters is 1. The minimum atomic E-state index is -1.28. The van der Waals surface area contributed by atoms with Crippen LogP contribution in [0.3, 0.4) is 0 Å². The number of hydrogen-bond donors (Lipinski definition) is 2. The lowest BCUT2D eigenvalue weighted by atomic mass is 9.70. The molecule has 3 aliphatic rings. The average molecular weight is 602 g/mol. The summed E-state index contributed by atoms with van der Waals surface area (Å²) in [6, 6.07) is 3.50. The van der Waals surface area contributed by atoms with Crippen LogP contribution < -0.4 is 10.2 Å². The maximum absolute atomic E-state index is 14.5. The van der Waals surface area contributed by atoms with Gasteiger partial charge in [-0.1, -0.05) is 35.9 Å².